The maximum atomic E-state index is 12.0. The fourth-order valence-corrected chi connectivity index (χ4v) is 2.03. The monoisotopic (exact) mass is 342 g/mol. The summed E-state index contributed by atoms with van der Waals surface area (Å²) in [7, 11) is 1.39. The summed E-state index contributed by atoms with van der Waals surface area (Å²) < 4.78 is 5.08. The average molecular weight is 342 g/mol. The number of carbonyl (C=O) groups is 2. The van der Waals surface area contributed by atoms with E-state index in [1.807, 2.05) is 0 Å². The van der Waals surface area contributed by atoms with Gasteiger partial charge in [0.2, 0.25) is 5.91 Å². The van der Waals surface area contributed by atoms with Crippen LogP contribution in [-0.4, -0.2) is 29.0 Å². The number of rotatable bonds is 6. The number of aromatic carboxylic acids is 1. The van der Waals surface area contributed by atoms with Crippen molar-refractivity contribution in [2.24, 2.45) is 0 Å². The van der Waals surface area contributed by atoms with E-state index in [0.29, 0.717) is 11.3 Å². The van der Waals surface area contributed by atoms with Gasteiger partial charge in [-0.05, 0) is 29.8 Å². The fraction of sp³-hybridized carbons (Fsp3) is 0.0588. The lowest BCUT2D eigenvalue weighted by Gasteiger charge is -2.09. The molecule has 25 heavy (non-hydrogen) atoms. The van der Waals surface area contributed by atoms with Gasteiger partial charge in [0.25, 0.3) is 5.69 Å². The predicted molar refractivity (Wildman–Crippen MR) is 90.7 cm³/mol. The molecule has 0 aliphatic rings. The molecule has 2 N–H and O–H groups in total. The third-order valence-corrected chi connectivity index (χ3v) is 3.21. The lowest BCUT2D eigenvalue weighted by atomic mass is 10.1. The molecule has 0 unspecified atom stereocenters. The molecule has 8 nitrogen and oxygen atoms in total. The van der Waals surface area contributed by atoms with Gasteiger partial charge in [0.15, 0.2) is 0 Å². The first-order chi connectivity index (χ1) is 11.9. The fourth-order valence-electron chi connectivity index (χ4n) is 2.03. The summed E-state index contributed by atoms with van der Waals surface area (Å²) in [6, 6.07) is 9.87. The van der Waals surface area contributed by atoms with Gasteiger partial charge in [-0.2, -0.15) is 0 Å². The van der Waals surface area contributed by atoms with Crippen LogP contribution in [0.3, 0.4) is 0 Å². The first kappa shape index (κ1) is 17.7. The molecule has 1 amide bonds. The van der Waals surface area contributed by atoms with E-state index in [9.17, 15) is 19.7 Å². The Morgan fingerprint density at radius 2 is 2.00 bits per heavy atom. The molecule has 2 aromatic rings. The van der Waals surface area contributed by atoms with Crippen LogP contribution in [-0.2, 0) is 4.79 Å². The highest BCUT2D eigenvalue weighted by molar-refractivity contribution is 6.03. The number of nitrogens with zero attached hydrogens (tertiary/aromatic N) is 1. The van der Waals surface area contributed by atoms with Crippen LogP contribution < -0.4 is 10.1 Å². The van der Waals surface area contributed by atoms with Gasteiger partial charge in [0.1, 0.15) is 5.75 Å². The van der Waals surface area contributed by atoms with Gasteiger partial charge in [-0.25, -0.2) is 4.79 Å². The number of hydrogen-bond donors (Lipinski definition) is 2. The Morgan fingerprint density at radius 3 is 2.64 bits per heavy atom. The average Bonchev–Trinajstić information content (AvgIpc) is 2.60. The molecule has 0 saturated heterocycles. The summed E-state index contributed by atoms with van der Waals surface area (Å²) in [6.45, 7) is 0. The molecule has 0 aliphatic carbocycles. The van der Waals surface area contributed by atoms with Crippen molar-refractivity contribution in [2.45, 2.75) is 0 Å². The number of nitrogens with one attached hydrogen (secondary N) is 1. The van der Waals surface area contributed by atoms with E-state index in [1.165, 1.54) is 55.7 Å². The van der Waals surface area contributed by atoms with Crippen molar-refractivity contribution in [3.05, 3.63) is 69.8 Å². The van der Waals surface area contributed by atoms with E-state index in [1.54, 1.807) is 6.07 Å². The molecule has 0 heterocycles. The summed E-state index contributed by atoms with van der Waals surface area (Å²) in [6.07, 6.45) is 2.60. The van der Waals surface area contributed by atoms with E-state index in [2.05, 4.69) is 5.32 Å². The first-order valence-electron chi connectivity index (χ1n) is 7.05. The summed E-state index contributed by atoms with van der Waals surface area (Å²) in [4.78, 5) is 33.2. The molecule has 0 bridgehead atoms. The Morgan fingerprint density at radius 1 is 1.24 bits per heavy atom. The van der Waals surface area contributed by atoms with Crippen molar-refractivity contribution < 1.29 is 24.4 Å². The van der Waals surface area contributed by atoms with Gasteiger partial charge in [0, 0.05) is 18.2 Å². The number of methoxy groups -OCH3 is 1. The van der Waals surface area contributed by atoms with Crippen molar-refractivity contribution >= 4 is 29.3 Å². The first-order valence-corrected chi connectivity index (χ1v) is 7.05. The molecule has 2 aromatic carbocycles. The number of non-ortho nitro benzene ring substituents is 1. The van der Waals surface area contributed by atoms with Crippen molar-refractivity contribution in [3.8, 4) is 5.75 Å². The Hall–Kier alpha value is -3.68. The Bertz CT molecular complexity index is 860. The van der Waals surface area contributed by atoms with Crippen LogP contribution in [0.15, 0.2) is 48.5 Å². The van der Waals surface area contributed by atoms with Crippen molar-refractivity contribution in [1.82, 2.24) is 0 Å². The van der Waals surface area contributed by atoms with Crippen molar-refractivity contribution in [3.63, 3.8) is 0 Å². The van der Waals surface area contributed by atoms with Gasteiger partial charge in [0.05, 0.1) is 23.3 Å². The zero-order chi connectivity index (χ0) is 18.4. The Balaban J connectivity index is 2.17. The molecular formula is C17H14N2O6. The zero-order valence-electron chi connectivity index (χ0n) is 13.1. The predicted octanol–water partition coefficient (Wildman–Crippen LogP) is 2.95. The highest BCUT2D eigenvalue weighted by Crippen LogP contribution is 2.25. The van der Waals surface area contributed by atoms with Crippen molar-refractivity contribution in [1.29, 1.82) is 0 Å². The maximum Gasteiger partial charge on any atom is 0.335 e. The second-order valence-electron chi connectivity index (χ2n) is 4.89. The molecule has 0 fully saturated rings. The smallest absolute Gasteiger partial charge is 0.335 e. The number of carbonyl (C=O) groups excluding carboxylic acids is 1. The highest BCUT2D eigenvalue weighted by Gasteiger charge is 2.10. The largest absolute Gasteiger partial charge is 0.495 e. The van der Waals surface area contributed by atoms with Crippen LogP contribution in [0.2, 0.25) is 0 Å². The molecule has 128 valence electrons. The molecule has 0 radical (unpaired) electrons. The van der Waals surface area contributed by atoms with Gasteiger partial charge >= 0.3 is 5.97 Å². The highest BCUT2D eigenvalue weighted by atomic mass is 16.6. The number of nitro groups is 1. The number of hydrogen-bond acceptors (Lipinski definition) is 5. The number of nitro benzene ring substituents is 1. The molecule has 8 heteroatoms. The minimum Gasteiger partial charge on any atom is -0.495 e. The lowest BCUT2D eigenvalue weighted by molar-refractivity contribution is -0.384. The molecule has 0 aromatic heterocycles. The van der Waals surface area contributed by atoms with E-state index in [-0.39, 0.29) is 16.9 Å². The molecule has 0 saturated carbocycles. The normalized spacial score (nSPS) is 10.4. The number of benzene rings is 2. The molecule has 0 atom stereocenters. The van der Waals surface area contributed by atoms with Crippen molar-refractivity contribution in [2.75, 3.05) is 12.4 Å². The zero-order valence-corrected chi connectivity index (χ0v) is 13.1. The van der Waals surface area contributed by atoms with Gasteiger partial charge in [-0.15, -0.1) is 0 Å². The number of amides is 1. The summed E-state index contributed by atoms with van der Waals surface area (Å²) in [5.41, 5.74) is 0.601. The number of anilines is 1. The van der Waals surface area contributed by atoms with Gasteiger partial charge in [-0.3, -0.25) is 14.9 Å². The molecule has 2 rings (SSSR count). The topological polar surface area (TPSA) is 119 Å². The summed E-state index contributed by atoms with van der Waals surface area (Å²) >= 11 is 0. The second-order valence-corrected chi connectivity index (χ2v) is 4.89. The van der Waals surface area contributed by atoms with Crippen LogP contribution >= 0.6 is 0 Å². The van der Waals surface area contributed by atoms with Crippen LogP contribution in [0.5, 0.6) is 5.75 Å². The maximum absolute atomic E-state index is 12.0. The molecular weight excluding hydrogens is 328 g/mol. The quantitative estimate of drug-likeness (QED) is 0.473. The number of ether oxygens (including phenoxy) is 1. The minimum absolute atomic E-state index is 0.00114. The van der Waals surface area contributed by atoms with Crippen LogP contribution in [0, 0.1) is 10.1 Å². The number of carboxylic acid groups (broad SMARTS) is 1. The van der Waals surface area contributed by atoms with Crippen LogP contribution in [0.1, 0.15) is 15.9 Å². The number of carboxylic acids is 1. The van der Waals surface area contributed by atoms with Gasteiger partial charge in [-0.1, -0.05) is 12.1 Å². The lowest BCUT2D eigenvalue weighted by Crippen LogP contribution is -2.10. The summed E-state index contributed by atoms with van der Waals surface area (Å²) in [5.74, 6) is -1.36. The van der Waals surface area contributed by atoms with E-state index in [4.69, 9.17) is 9.84 Å². The molecule has 0 spiro atoms. The second kappa shape index (κ2) is 7.73. The SMILES string of the molecule is COc1ccc(C(=O)O)cc1NC(=O)/C=C/c1cccc([N+](=O)[O-])c1. The summed E-state index contributed by atoms with van der Waals surface area (Å²) in [5, 5.41) is 22.3. The van der Waals surface area contributed by atoms with E-state index >= 15 is 0 Å². The van der Waals surface area contributed by atoms with E-state index in [0.717, 1.165) is 0 Å². The Labute approximate surface area is 142 Å². The third-order valence-electron chi connectivity index (χ3n) is 3.21. The van der Waals surface area contributed by atoms with Crippen LogP contribution in [0.25, 0.3) is 6.08 Å². The standard InChI is InChI=1S/C17H14N2O6/c1-25-15-7-6-12(17(21)22)10-14(15)18-16(20)8-5-11-3-2-4-13(9-11)19(23)24/h2-10H,1H3,(H,18,20)(H,21,22)/b8-5+. The van der Waals surface area contributed by atoms with Crippen LogP contribution in [0.4, 0.5) is 11.4 Å². The minimum atomic E-state index is -1.13. The molecule has 0 aliphatic heterocycles. The third kappa shape index (κ3) is 4.64. The van der Waals surface area contributed by atoms with E-state index < -0.39 is 16.8 Å². The van der Waals surface area contributed by atoms with Gasteiger partial charge < -0.3 is 15.2 Å². The Kier molecular flexibility index (Phi) is 5.47.